The van der Waals surface area contributed by atoms with E-state index >= 15 is 0 Å². The predicted molar refractivity (Wildman–Crippen MR) is 284 cm³/mol. The Morgan fingerprint density at radius 1 is 0.637 bits per heavy atom. The van der Waals surface area contributed by atoms with Crippen molar-refractivity contribution in [2.75, 3.05) is 33.0 Å². The summed E-state index contributed by atoms with van der Waals surface area (Å²) in [7, 11) is 0. The van der Waals surface area contributed by atoms with Gasteiger partial charge in [-0.15, -0.1) is 0 Å². The minimum absolute atomic E-state index is 0. The number of carbonyl (C=O) groups excluding carboxylic acids is 2. The molecule has 0 saturated carbocycles. The summed E-state index contributed by atoms with van der Waals surface area (Å²) in [6.45, 7) is 5.70. The van der Waals surface area contributed by atoms with E-state index in [4.69, 9.17) is 33.7 Å². The van der Waals surface area contributed by atoms with Gasteiger partial charge in [0.2, 0.25) is 0 Å². The molecule has 5 N–H and O–H groups in total. The maximum atomic E-state index is 11.4. The van der Waals surface area contributed by atoms with Crippen LogP contribution in [0.1, 0.15) is 56.5 Å². The number of fused-ring (bicyclic) bond motifs is 3. The molecule has 21 nitrogen and oxygen atoms in total. The van der Waals surface area contributed by atoms with Crippen LogP contribution < -0.4 is 143 Å². The Hall–Kier alpha value is -4.57. The van der Waals surface area contributed by atoms with E-state index < -0.39 is 24.1 Å². The number of aromatic carboxylic acids is 2. The van der Waals surface area contributed by atoms with Crippen LogP contribution >= 0.6 is 0 Å². The first-order valence-electron chi connectivity index (χ1n) is 24.5. The molecule has 0 bridgehead atoms. The molecule has 3 aromatic heterocycles. The Morgan fingerprint density at radius 2 is 1.02 bits per heavy atom. The topological polar surface area (TPSA) is 295 Å². The van der Waals surface area contributed by atoms with Gasteiger partial charge in [0.1, 0.15) is 6.10 Å². The number of esters is 1. The summed E-state index contributed by atoms with van der Waals surface area (Å²) in [6, 6.07) is 51.1. The molecule has 0 aliphatic carbocycles. The third kappa shape index (κ3) is 22.6. The number of hydrogen-bond acceptors (Lipinski definition) is 16. The number of ether oxygens (including phenoxy) is 5. The van der Waals surface area contributed by atoms with E-state index in [0.717, 1.165) is 35.2 Å². The van der Waals surface area contributed by atoms with Crippen LogP contribution in [0.15, 0.2) is 164 Å². The number of aliphatic hydroxyl groups is 2. The number of nitrogens with zero attached hydrogens (tertiary/aromatic N) is 5. The molecular formula is C57H60Cs2N6O15. The molecule has 1 aliphatic rings. The quantitative estimate of drug-likeness (QED) is 0.0215. The number of aromatic amines is 1. The van der Waals surface area contributed by atoms with Crippen molar-refractivity contribution in [1.82, 2.24) is 29.8 Å². The number of carboxylic acid groups (broad SMARTS) is 2. The first kappa shape index (κ1) is 67.9. The number of benzene rings is 6. The Balaban J connectivity index is 0.000000283. The van der Waals surface area contributed by atoms with Gasteiger partial charge in [-0.1, -0.05) is 146 Å². The summed E-state index contributed by atoms with van der Waals surface area (Å²) in [6.07, 6.45) is -1.19. The smallest absolute Gasteiger partial charge is 1.00 e. The molecule has 410 valence electrons. The Labute approximate surface area is 579 Å². The fourth-order valence-corrected chi connectivity index (χ4v) is 7.49. The second-order valence-corrected chi connectivity index (χ2v) is 17.0. The van der Waals surface area contributed by atoms with Crippen molar-refractivity contribution < 1.29 is 213 Å². The predicted octanol–water partition coefficient (Wildman–Crippen LogP) is 0.521. The molecule has 1 fully saturated rings. The first-order chi connectivity index (χ1) is 38.0. The molecule has 3 unspecified atom stereocenters. The molecule has 23 heteroatoms. The number of carboxylic acids is 2. The fraction of sp³-hybridized carbons (Fsp3) is 0.246. The molecule has 1 aliphatic heterocycles. The second kappa shape index (κ2) is 37.5. The van der Waals surface area contributed by atoms with Gasteiger partial charge in [0.05, 0.1) is 94.7 Å². The Bertz CT molecular complexity index is 3120. The number of rotatable bonds is 21. The van der Waals surface area contributed by atoms with Crippen molar-refractivity contribution in [2.45, 2.75) is 58.1 Å². The van der Waals surface area contributed by atoms with Crippen LogP contribution in [0.4, 0.5) is 0 Å². The van der Waals surface area contributed by atoms with Gasteiger partial charge in [-0.3, -0.25) is 19.3 Å². The van der Waals surface area contributed by atoms with Gasteiger partial charge in [-0.2, -0.15) is 15.3 Å². The monoisotopic (exact) mass is 1330 g/mol. The number of epoxide rings is 1. The molecule has 9 aromatic rings. The summed E-state index contributed by atoms with van der Waals surface area (Å²) in [5.41, 5.74) is 5.81. The van der Waals surface area contributed by atoms with E-state index in [1.165, 1.54) is 14.9 Å². The number of aromatic nitrogens is 6. The second-order valence-electron chi connectivity index (χ2n) is 17.0. The van der Waals surface area contributed by atoms with E-state index in [1.54, 1.807) is 43.3 Å². The van der Waals surface area contributed by atoms with Gasteiger partial charge in [0, 0.05) is 16.2 Å². The van der Waals surface area contributed by atoms with Crippen molar-refractivity contribution in [3.63, 3.8) is 0 Å². The molecule has 10 rings (SSSR count). The van der Waals surface area contributed by atoms with Crippen molar-refractivity contribution >= 4 is 57.1 Å². The van der Waals surface area contributed by atoms with Crippen LogP contribution in [0.5, 0.6) is 0 Å². The van der Waals surface area contributed by atoms with E-state index in [-0.39, 0.29) is 189 Å². The van der Waals surface area contributed by atoms with Crippen LogP contribution in [-0.2, 0) is 66.3 Å². The zero-order valence-corrected chi connectivity index (χ0v) is 57.0. The van der Waals surface area contributed by atoms with Gasteiger partial charge < -0.3 is 55.7 Å². The minimum atomic E-state index is -1.08. The third-order valence-electron chi connectivity index (χ3n) is 11.1. The number of carbonyl (C=O) groups is 4. The average molecular weight is 1330 g/mol. The standard InChI is InChI=1S/2C18H18N2O4.C10H10N2O2.C10H12O2.CH2O3.2Cs.H/c2*21-14(12-24-11-13-6-2-1-3-7-13)10-20-16-9-5-4-8-15(16)17(19-20)18(22)23;1-2-14-10(13)9-7-5-3-4-6-8(7)11-12-9;1-2-4-9(5-3-1)6-11-7-10-8-12-10;2-1-4-3;;;/h2*1-9,14,21H,10-12H2,(H,22,23);3-6H,2H2,1H3,(H,11,12);1-5,10H,6-8H2;1,3H;;;/q;;;;;2*+1;-1/p-1. The third-order valence-corrected chi connectivity index (χ3v) is 11.1. The normalized spacial score (nSPS) is 12.6. The number of aliphatic hydroxyl groups excluding tert-OH is 2. The van der Waals surface area contributed by atoms with E-state index in [2.05, 4.69) is 37.4 Å². The maximum absolute atomic E-state index is 11.4. The van der Waals surface area contributed by atoms with Crippen LogP contribution in [0.3, 0.4) is 0 Å². The van der Waals surface area contributed by atoms with Crippen LogP contribution in [-0.4, -0.2) is 126 Å². The summed E-state index contributed by atoms with van der Waals surface area (Å²) >= 11 is 0. The Kier molecular flexibility index (Phi) is 31.9. The van der Waals surface area contributed by atoms with E-state index in [9.17, 15) is 34.8 Å². The van der Waals surface area contributed by atoms with Crippen LogP contribution in [0.25, 0.3) is 32.7 Å². The van der Waals surface area contributed by atoms with Crippen LogP contribution in [0.2, 0.25) is 0 Å². The minimum Gasteiger partial charge on any atom is -1.00 e. The van der Waals surface area contributed by atoms with Crippen molar-refractivity contribution in [1.29, 1.82) is 0 Å². The first-order valence-corrected chi connectivity index (χ1v) is 24.5. The average Bonchev–Trinajstić information content (AvgIpc) is 4.05. The fourth-order valence-electron chi connectivity index (χ4n) is 7.49. The van der Waals surface area contributed by atoms with Gasteiger partial charge >= 0.3 is 156 Å². The van der Waals surface area contributed by atoms with Gasteiger partial charge in [0.15, 0.2) is 17.1 Å². The largest absolute Gasteiger partial charge is 1.00 e. The summed E-state index contributed by atoms with van der Waals surface area (Å²) in [5, 5.41) is 64.0. The van der Waals surface area contributed by atoms with Gasteiger partial charge in [-0.05, 0) is 41.8 Å². The van der Waals surface area contributed by atoms with Crippen LogP contribution in [0, 0.1) is 0 Å². The van der Waals surface area contributed by atoms with Crippen molar-refractivity contribution in [2.24, 2.45) is 0 Å². The molecule has 6 aromatic carbocycles. The number of H-pyrrole nitrogens is 1. The molecule has 3 atom stereocenters. The molecule has 0 amide bonds. The summed E-state index contributed by atoms with van der Waals surface area (Å²) < 4.78 is 29.4. The Morgan fingerprint density at radius 3 is 1.43 bits per heavy atom. The van der Waals surface area contributed by atoms with Crippen molar-refractivity contribution in [3.8, 4) is 0 Å². The van der Waals surface area contributed by atoms with E-state index in [1.807, 2.05) is 115 Å². The molecule has 4 heterocycles. The molecule has 0 radical (unpaired) electrons. The zero-order chi connectivity index (χ0) is 55.5. The molecular weight excluding hydrogens is 1270 g/mol. The van der Waals surface area contributed by atoms with E-state index in [0.29, 0.717) is 60.0 Å². The number of para-hydroxylation sites is 3. The molecule has 80 heavy (non-hydrogen) atoms. The SMILES string of the molecule is CCOC(=O)c1n[nH]c2ccccc12.O=C(O)c1nn(CC(O)COCc2ccccc2)c2ccccc12.O=C(O)c1nn(CC(O)COCc2ccccc2)c2ccccc12.O=CO[O-].[Cs+].[Cs+].[H-].c1ccc(COCC2CO2)cc1. The molecule has 1 saturated heterocycles. The number of nitrogens with one attached hydrogen (secondary N) is 1. The van der Waals surface area contributed by atoms with Crippen molar-refractivity contribution in [3.05, 3.63) is 198 Å². The zero-order valence-electron chi connectivity index (χ0n) is 45.5. The summed E-state index contributed by atoms with van der Waals surface area (Å²) in [4.78, 5) is 45.2. The van der Waals surface area contributed by atoms with Gasteiger partial charge in [0.25, 0.3) is 6.47 Å². The maximum Gasteiger partial charge on any atom is 1.00 e. The number of hydrogen-bond donors (Lipinski definition) is 5. The van der Waals surface area contributed by atoms with Gasteiger partial charge in [-0.25, -0.2) is 14.4 Å². The molecule has 0 spiro atoms. The summed E-state index contributed by atoms with van der Waals surface area (Å²) in [5.74, 6) is -2.55.